The highest BCUT2D eigenvalue weighted by Crippen LogP contribution is 2.30. The molecule has 1 aromatic rings. The Morgan fingerprint density at radius 3 is 3.18 bits per heavy atom. The largest absolute Gasteiger partial charge is 0.467 e. The van der Waals surface area contributed by atoms with Crippen LogP contribution in [0.4, 0.5) is 5.82 Å². The van der Waals surface area contributed by atoms with Crippen molar-refractivity contribution in [2.45, 2.75) is 18.9 Å². The Bertz CT molecular complexity index is 388. The van der Waals surface area contributed by atoms with E-state index in [0.717, 1.165) is 31.7 Å². The SMILES string of the molecule is CNCC1CCCN1c1nc(OC)ncc1Cl. The lowest BCUT2D eigenvalue weighted by atomic mass is 10.2. The minimum Gasteiger partial charge on any atom is -0.467 e. The number of nitrogens with zero attached hydrogens (tertiary/aromatic N) is 3. The van der Waals surface area contributed by atoms with Crippen LogP contribution in [0.25, 0.3) is 0 Å². The van der Waals surface area contributed by atoms with E-state index in [1.165, 1.54) is 0 Å². The summed E-state index contributed by atoms with van der Waals surface area (Å²) >= 11 is 6.16. The maximum atomic E-state index is 6.16. The fourth-order valence-corrected chi connectivity index (χ4v) is 2.40. The van der Waals surface area contributed by atoms with E-state index in [4.69, 9.17) is 16.3 Å². The van der Waals surface area contributed by atoms with Gasteiger partial charge in [-0.25, -0.2) is 4.98 Å². The van der Waals surface area contributed by atoms with Gasteiger partial charge in [0.1, 0.15) is 5.02 Å². The fraction of sp³-hybridized carbons (Fsp3) is 0.636. The molecule has 1 fully saturated rings. The maximum Gasteiger partial charge on any atom is 0.318 e. The van der Waals surface area contributed by atoms with Crippen molar-refractivity contribution in [2.75, 3.05) is 32.1 Å². The normalized spacial score (nSPS) is 19.7. The quantitative estimate of drug-likeness (QED) is 0.881. The topological polar surface area (TPSA) is 50.3 Å². The van der Waals surface area contributed by atoms with Gasteiger partial charge in [0.05, 0.1) is 13.3 Å². The lowest BCUT2D eigenvalue weighted by Crippen LogP contribution is -2.37. The van der Waals surface area contributed by atoms with Gasteiger partial charge in [-0.05, 0) is 19.9 Å². The average molecular weight is 257 g/mol. The summed E-state index contributed by atoms with van der Waals surface area (Å²) in [4.78, 5) is 10.6. The van der Waals surface area contributed by atoms with Gasteiger partial charge in [-0.1, -0.05) is 11.6 Å². The van der Waals surface area contributed by atoms with Crippen LogP contribution in [0.15, 0.2) is 6.20 Å². The summed E-state index contributed by atoms with van der Waals surface area (Å²) in [6, 6.07) is 0.802. The molecule has 1 saturated heterocycles. The van der Waals surface area contributed by atoms with Crippen LogP contribution in [-0.4, -0.2) is 43.3 Å². The zero-order chi connectivity index (χ0) is 12.3. The van der Waals surface area contributed by atoms with Crippen molar-refractivity contribution in [3.63, 3.8) is 0 Å². The predicted octanol–water partition coefficient (Wildman–Crippen LogP) is 1.33. The molecule has 0 radical (unpaired) electrons. The molecule has 0 spiro atoms. The molecule has 0 aliphatic carbocycles. The van der Waals surface area contributed by atoms with E-state index < -0.39 is 0 Å². The summed E-state index contributed by atoms with van der Waals surface area (Å²) in [6.45, 7) is 1.91. The number of ether oxygens (including phenoxy) is 1. The van der Waals surface area contributed by atoms with Gasteiger partial charge in [0.2, 0.25) is 0 Å². The van der Waals surface area contributed by atoms with Crippen molar-refractivity contribution >= 4 is 17.4 Å². The maximum absolute atomic E-state index is 6.16. The van der Waals surface area contributed by atoms with Crippen LogP contribution in [0, 0.1) is 0 Å². The minimum atomic E-state index is 0.361. The molecular weight excluding hydrogens is 240 g/mol. The first-order valence-corrected chi connectivity index (χ1v) is 6.12. The number of methoxy groups -OCH3 is 1. The van der Waals surface area contributed by atoms with Crippen molar-refractivity contribution < 1.29 is 4.74 Å². The molecule has 0 aromatic carbocycles. The van der Waals surface area contributed by atoms with Gasteiger partial charge < -0.3 is 15.0 Å². The molecular formula is C11H17ClN4O. The summed E-state index contributed by atoms with van der Waals surface area (Å²) in [5.74, 6) is 0.774. The zero-order valence-electron chi connectivity index (χ0n) is 10.1. The van der Waals surface area contributed by atoms with Crippen LogP contribution in [0.1, 0.15) is 12.8 Å². The molecule has 0 amide bonds. The standard InChI is InChI=1S/C11H17ClN4O/c1-13-6-8-4-3-5-16(8)10-9(12)7-14-11(15-10)17-2/h7-8,13H,3-6H2,1-2H3. The summed E-state index contributed by atoms with van der Waals surface area (Å²) in [7, 11) is 3.51. The highest BCUT2D eigenvalue weighted by atomic mass is 35.5. The van der Waals surface area contributed by atoms with E-state index in [9.17, 15) is 0 Å². The number of halogens is 1. The van der Waals surface area contributed by atoms with Crippen LogP contribution in [0.5, 0.6) is 6.01 Å². The number of likely N-dealkylation sites (N-methyl/N-ethyl adjacent to an activating group) is 1. The van der Waals surface area contributed by atoms with E-state index in [2.05, 4.69) is 20.2 Å². The third-order valence-electron chi connectivity index (χ3n) is 2.98. The number of rotatable bonds is 4. The molecule has 0 bridgehead atoms. The summed E-state index contributed by atoms with van der Waals surface area (Å²) in [5, 5.41) is 3.78. The lowest BCUT2D eigenvalue weighted by molar-refractivity contribution is 0.379. The van der Waals surface area contributed by atoms with Crippen LogP contribution in [0.2, 0.25) is 5.02 Å². The van der Waals surface area contributed by atoms with Crippen LogP contribution >= 0.6 is 11.6 Å². The Balaban J connectivity index is 2.25. The molecule has 1 aliphatic heterocycles. The third kappa shape index (κ3) is 2.61. The lowest BCUT2D eigenvalue weighted by Gasteiger charge is -2.26. The monoisotopic (exact) mass is 256 g/mol. The first kappa shape index (κ1) is 12.4. The molecule has 1 aromatic heterocycles. The van der Waals surface area contributed by atoms with Crippen LogP contribution in [0.3, 0.4) is 0 Å². The molecule has 0 saturated carbocycles. The molecule has 2 rings (SSSR count). The number of hydrogen-bond acceptors (Lipinski definition) is 5. The second-order valence-electron chi connectivity index (χ2n) is 4.08. The van der Waals surface area contributed by atoms with E-state index in [1.807, 2.05) is 7.05 Å². The highest BCUT2D eigenvalue weighted by Gasteiger charge is 2.27. The second-order valence-corrected chi connectivity index (χ2v) is 4.48. The molecule has 6 heteroatoms. The number of nitrogens with one attached hydrogen (secondary N) is 1. The van der Waals surface area contributed by atoms with E-state index in [0.29, 0.717) is 17.1 Å². The Hall–Kier alpha value is -1.07. The number of hydrogen-bond donors (Lipinski definition) is 1. The van der Waals surface area contributed by atoms with Gasteiger partial charge >= 0.3 is 6.01 Å². The molecule has 1 unspecified atom stereocenters. The molecule has 2 heterocycles. The Kier molecular flexibility index (Phi) is 4.02. The van der Waals surface area contributed by atoms with Crippen molar-refractivity contribution in [1.29, 1.82) is 0 Å². The first-order valence-electron chi connectivity index (χ1n) is 5.74. The van der Waals surface area contributed by atoms with Gasteiger partial charge in [-0.2, -0.15) is 4.98 Å². The van der Waals surface area contributed by atoms with Crippen molar-refractivity contribution in [2.24, 2.45) is 0 Å². The first-order chi connectivity index (χ1) is 8.26. The van der Waals surface area contributed by atoms with E-state index in [-0.39, 0.29) is 0 Å². The summed E-state index contributed by atoms with van der Waals surface area (Å²) in [6.07, 6.45) is 3.91. The van der Waals surface area contributed by atoms with Gasteiger partial charge in [-0.3, -0.25) is 0 Å². The van der Waals surface area contributed by atoms with Crippen molar-refractivity contribution in [3.05, 3.63) is 11.2 Å². The van der Waals surface area contributed by atoms with Crippen LogP contribution < -0.4 is 15.0 Å². The molecule has 1 aliphatic rings. The summed E-state index contributed by atoms with van der Waals surface area (Å²) < 4.78 is 5.04. The zero-order valence-corrected chi connectivity index (χ0v) is 10.9. The highest BCUT2D eigenvalue weighted by molar-refractivity contribution is 6.32. The Morgan fingerprint density at radius 1 is 1.65 bits per heavy atom. The fourth-order valence-electron chi connectivity index (χ4n) is 2.20. The van der Waals surface area contributed by atoms with Gasteiger partial charge in [0, 0.05) is 19.1 Å². The molecule has 1 atom stereocenters. The molecule has 1 N–H and O–H groups in total. The predicted molar refractivity (Wildman–Crippen MR) is 67.9 cm³/mol. The van der Waals surface area contributed by atoms with E-state index >= 15 is 0 Å². The minimum absolute atomic E-state index is 0.361. The van der Waals surface area contributed by atoms with Crippen molar-refractivity contribution in [3.8, 4) is 6.01 Å². The smallest absolute Gasteiger partial charge is 0.318 e. The second kappa shape index (κ2) is 5.51. The van der Waals surface area contributed by atoms with Gasteiger partial charge in [0.15, 0.2) is 5.82 Å². The van der Waals surface area contributed by atoms with Gasteiger partial charge in [0.25, 0.3) is 0 Å². The average Bonchev–Trinajstić information content (AvgIpc) is 2.78. The molecule has 94 valence electrons. The number of anilines is 1. The van der Waals surface area contributed by atoms with Crippen molar-refractivity contribution in [1.82, 2.24) is 15.3 Å². The van der Waals surface area contributed by atoms with E-state index in [1.54, 1.807) is 13.3 Å². The Morgan fingerprint density at radius 2 is 2.47 bits per heavy atom. The third-order valence-corrected chi connectivity index (χ3v) is 3.24. The number of aromatic nitrogens is 2. The molecule has 5 nitrogen and oxygen atoms in total. The van der Waals surface area contributed by atoms with Gasteiger partial charge in [-0.15, -0.1) is 0 Å². The van der Waals surface area contributed by atoms with Crippen LogP contribution in [-0.2, 0) is 0 Å². The molecule has 17 heavy (non-hydrogen) atoms. The summed E-state index contributed by atoms with van der Waals surface area (Å²) in [5.41, 5.74) is 0. The Labute approximate surface area is 106 Å².